The van der Waals surface area contributed by atoms with Gasteiger partial charge in [-0.2, -0.15) is 4.31 Å². The number of aryl methyl sites for hydroxylation is 1. The monoisotopic (exact) mass is 458 g/mol. The zero-order valence-electron chi connectivity index (χ0n) is 17.3. The fourth-order valence-corrected chi connectivity index (χ4v) is 5.23. The average molecular weight is 459 g/mol. The summed E-state index contributed by atoms with van der Waals surface area (Å²) in [6, 6.07) is 11.9. The predicted molar refractivity (Wildman–Crippen MR) is 117 cm³/mol. The molecule has 10 heteroatoms. The van der Waals surface area contributed by atoms with Crippen LogP contribution in [0, 0.1) is 5.82 Å². The minimum absolute atomic E-state index is 0.0280. The van der Waals surface area contributed by atoms with Crippen molar-refractivity contribution in [1.82, 2.24) is 19.2 Å². The van der Waals surface area contributed by atoms with Crippen molar-refractivity contribution in [2.45, 2.75) is 24.2 Å². The highest BCUT2D eigenvalue weighted by Crippen LogP contribution is 2.18. The van der Waals surface area contributed by atoms with E-state index in [1.807, 2.05) is 12.1 Å². The first-order valence-electron chi connectivity index (χ1n) is 10.4. The van der Waals surface area contributed by atoms with Gasteiger partial charge in [0.25, 0.3) is 5.56 Å². The number of H-pyrrole nitrogens is 1. The van der Waals surface area contributed by atoms with Gasteiger partial charge in [0.15, 0.2) is 0 Å². The Labute approximate surface area is 184 Å². The number of aromatic nitrogens is 2. The van der Waals surface area contributed by atoms with Crippen LogP contribution >= 0.6 is 0 Å². The number of rotatable bonds is 5. The van der Waals surface area contributed by atoms with E-state index in [2.05, 4.69) is 9.97 Å². The summed E-state index contributed by atoms with van der Waals surface area (Å²) in [5.74, 6) is -0.656. The first-order chi connectivity index (χ1) is 15.3. The molecule has 8 nitrogen and oxygen atoms in total. The molecule has 2 aromatic carbocycles. The normalized spacial score (nSPS) is 15.6. The molecule has 4 rings (SSSR count). The van der Waals surface area contributed by atoms with E-state index in [1.165, 1.54) is 16.4 Å². The lowest BCUT2D eigenvalue weighted by molar-refractivity contribution is -0.131. The quantitative estimate of drug-likeness (QED) is 0.629. The number of nitrogens with one attached hydrogen (secondary N) is 1. The lowest BCUT2D eigenvalue weighted by atomic mass is 10.2. The highest BCUT2D eigenvalue weighted by atomic mass is 32.2. The van der Waals surface area contributed by atoms with Crippen molar-refractivity contribution in [3.8, 4) is 0 Å². The maximum Gasteiger partial charge on any atom is 0.270 e. The fraction of sp³-hybridized carbons (Fsp3) is 0.318. The van der Waals surface area contributed by atoms with Crippen molar-refractivity contribution in [3.05, 3.63) is 70.4 Å². The molecule has 0 spiro atoms. The molecule has 1 fully saturated rings. The molecule has 1 saturated heterocycles. The van der Waals surface area contributed by atoms with E-state index in [0.717, 1.165) is 12.1 Å². The van der Waals surface area contributed by atoms with Gasteiger partial charge in [0.1, 0.15) is 11.5 Å². The van der Waals surface area contributed by atoms with Crippen LogP contribution in [0.4, 0.5) is 4.39 Å². The van der Waals surface area contributed by atoms with E-state index in [9.17, 15) is 22.4 Å². The zero-order chi connectivity index (χ0) is 22.7. The van der Waals surface area contributed by atoms with E-state index in [1.54, 1.807) is 17.0 Å². The van der Waals surface area contributed by atoms with Gasteiger partial charge in [-0.05, 0) is 42.8 Å². The van der Waals surface area contributed by atoms with Crippen molar-refractivity contribution in [1.29, 1.82) is 0 Å². The molecule has 1 aliphatic heterocycles. The van der Waals surface area contributed by atoms with Crippen LogP contribution in [-0.2, 0) is 21.2 Å². The van der Waals surface area contributed by atoms with Gasteiger partial charge in [-0.1, -0.05) is 12.1 Å². The number of para-hydroxylation sites is 2. The van der Waals surface area contributed by atoms with Crippen LogP contribution in [0.3, 0.4) is 0 Å². The Morgan fingerprint density at radius 1 is 1.03 bits per heavy atom. The number of benzene rings is 2. The summed E-state index contributed by atoms with van der Waals surface area (Å²) >= 11 is 0. The molecular formula is C22H23FN4O4S. The van der Waals surface area contributed by atoms with E-state index in [4.69, 9.17) is 0 Å². The van der Waals surface area contributed by atoms with Crippen LogP contribution in [0.5, 0.6) is 0 Å². The number of hydrogen-bond acceptors (Lipinski definition) is 5. The van der Waals surface area contributed by atoms with Gasteiger partial charge in [0, 0.05) is 39.0 Å². The summed E-state index contributed by atoms with van der Waals surface area (Å²) in [4.78, 5) is 33.8. The van der Waals surface area contributed by atoms with Gasteiger partial charge in [0.05, 0.1) is 15.9 Å². The molecule has 1 amide bonds. The third kappa shape index (κ3) is 4.71. The van der Waals surface area contributed by atoms with E-state index < -0.39 is 15.8 Å². The van der Waals surface area contributed by atoms with Crippen molar-refractivity contribution in [2.75, 3.05) is 26.2 Å². The molecule has 0 aliphatic carbocycles. The topological polar surface area (TPSA) is 103 Å². The first kappa shape index (κ1) is 22.1. The predicted octanol–water partition coefficient (Wildman–Crippen LogP) is 1.92. The average Bonchev–Trinajstić information content (AvgIpc) is 3.05. The maximum absolute atomic E-state index is 13.1. The fourth-order valence-electron chi connectivity index (χ4n) is 3.76. The number of nitrogens with zero attached hydrogens (tertiary/aromatic N) is 3. The third-order valence-corrected chi connectivity index (χ3v) is 7.42. The molecule has 1 aromatic heterocycles. The molecule has 0 unspecified atom stereocenters. The van der Waals surface area contributed by atoms with Gasteiger partial charge in [0.2, 0.25) is 15.9 Å². The molecule has 168 valence electrons. The standard InChI is InChI=1S/C22H23FN4O4S/c23-16-6-8-17(9-7-16)32(30,31)27-13-3-12-26(14-15-27)21(28)11-10-20-22(29)25-19-5-2-1-4-18(19)24-20/h1-2,4-9H,3,10-15H2,(H,25,29). The summed E-state index contributed by atoms with van der Waals surface area (Å²) in [6.45, 7) is 1.10. The Kier molecular flexibility index (Phi) is 6.33. The maximum atomic E-state index is 13.1. The minimum atomic E-state index is -3.76. The SMILES string of the molecule is O=C(CCc1nc2ccccc2[nH]c1=O)N1CCCN(S(=O)(=O)c2ccc(F)cc2)CC1. The zero-order valence-corrected chi connectivity index (χ0v) is 18.1. The van der Waals surface area contributed by atoms with Crippen LogP contribution in [0.2, 0.25) is 0 Å². The number of aromatic amines is 1. The third-order valence-electron chi connectivity index (χ3n) is 5.50. The molecule has 0 saturated carbocycles. The van der Waals surface area contributed by atoms with Crippen LogP contribution in [0.1, 0.15) is 18.5 Å². The molecule has 1 aliphatic rings. The lowest BCUT2D eigenvalue weighted by Gasteiger charge is -2.22. The van der Waals surface area contributed by atoms with Gasteiger partial charge in [-0.25, -0.2) is 17.8 Å². The Bertz CT molecular complexity index is 1290. The number of carbonyl (C=O) groups is 1. The number of carbonyl (C=O) groups excluding carboxylic acids is 1. The highest BCUT2D eigenvalue weighted by molar-refractivity contribution is 7.89. The lowest BCUT2D eigenvalue weighted by Crippen LogP contribution is -2.37. The van der Waals surface area contributed by atoms with Gasteiger partial charge < -0.3 is 9.88 Å². The highest BCUT2D eigenvalue weighted by Gasteiger charge is 2.28. The summed E-state index contributed by atoms with van der Waals surface area (Å²) in [6.07, 6.45) is 0.799. The second-order valence-electron chi connectivity index (χ2n) is 7.62. The summed E-state index contributed by atoms with van der Waals surface area (Å²) in [7, 11) is -3.76. The van der Waals surface area contributed by atoms with Gasteiger partial charge in [-0.3, -0.25) is 9.59 Å². The summed E-state index contributed by atoms with van der Waals surface area (Å²) in [5, 5.41) is 0. The largest absolute Gasteiger partial charge is 0.341 e. The molecule has 3 aromatic rings. The molecule has 0 atom stereocenters. The van der Waals surface area contributed by atoms with Gasteiger partial charge >= 0.3 is 0 Å². The Morgan fingerprint density at radius 2 is 1.78 bits per heavy atom. The molecular weight excluding hydrogens is 435 g/mol. The summed E-state index contributed by atoms with van der Waals surface area (Å²) in [5.41, 5.74) is 1.28. The van der Waals surface area contributed by atoms with Crippen LogP contribution in [-0.4, -0.2) is 59.7 Å². The number of halogens is 1. The Hall–Kier alpha value is -3.11. The van der Waals surface area contributed by atoms with E-state index in [0.29, 0.717) is 29.7 Å². The Balaban J connectivity index is 1.39. The van der Waals surface area contributed by atoms with E-state index in [-0.39, 0.29) is 48.8 Å². The number of hydrogen-bond donors (Lipinski definition) is 1. The number of amides is 1. The smallest absolute Gasteiger partial charge is 0.270 e. The molecule has 0 bridgehead atoms. The molecule has 2 heterocycles. The number of fused-ring (bicyclic) bond motifs is 1. The second kappa shape index (κ2) is 9.17. The first-order valence-corrected chi connectivity index (χ1v) is 11.8. The van der Waals surface area contributed by atoms with Crippen molar-refractivity contribution in [3.63, 3.8) is 0 Å². The molecule has 1 N–H and O–H groups in total. The Morgan fingerprint density at radius 3 is 2.56 bits per heavy atom. The van der Waals surface area contributed by atoms with Crippen LogP contribution in [0.25, 0.3) is 11.0 Å². The van der Waals surface area contributed by atoms with Crippen LogP contribution in [0.15, 0.2) is 58.2 Å². The van der Waals surface area contributed by atoms with Crippen molar-refractivity contribution >= 4 is 27.0 Å². The summed E-state index contributed by atoms with van der Waals surface area (Å²) < 4.78 is 40.1. The van der Waals surface area contributed by atoms with E-state index >= 15 is 0 Å². The number of sulfonamides is 1. The second-order valence-corrected chi connectivity index (χ2v) is 9.56. The van der Waals surface area contributed by atoms with Crippen LogP contribution < -0.4 is 5.56 Å². The van der Waals surface area contributed by atoms with Crippen molar-refractivity contribution in [2.24, 2.45) is 0 Å². The molecule has 0 radical (unpaired) electrons. The molecule has 32 heavy (non-hydrogen) atoms. The van der Waals surface area contributed by atoms with Crippen molar-refractivity contribution < 1.29 is 17.6 Å². The van der Waals surface area contributed by atoms with Gasteiger partial charge in [-0.15, -0.1) is 0 Å². The minimum Gasteiger partial charge on any atom is -0.341 e.